The maximum atomic E-state index is 11.1. The molecular formula is C15H12BrNO3. The fourth-order valence-electron chi connectivity index (χ4n) is 2.46. The van der Waals surface area contributed by atoms with Crippen molar-refractivity contribution in [3.05, 3.63) is 62.1 Å². The molecule has 2 aromatic carbocycles. The summed E-state index contributed by atoms with van der Waals surface area (Å²) in [5.41, 5.74) is 2.59. The first-order valence-corrected chi connectivity index (χ1v) is 7.16. The Balaban J connectivity index is 1.93. The van der Waals surface area contributed by atoms with Gasteiger partial charge in [-0.05, 0) is 54.7 Å². The van der Waals surface area contributed by atoms with Crippen molar-refractivity contribution in [2.75, 3.05) is 0 Å². The van der Waals surface area contributed by atoms with E-state index in [2.05, 4.69) is 15.9 Å². The van der Waals surface area contributed by atoms with Crippen molar-refractivity contribution in [1.82, 2.24) is 0 Å². The molecule has 0 N–H and O–H groups in total. The van der Waals surface area contributed by atoms with E-state index in [4.69, 9.17) is 4.74 Å². The number of fused-ring (bicyclic) bond motifs is 1. The molecule has 0 fully saturated rings. The minimum absolute atomic E-state index is 0.0418. The Kier molecular flexibility index (Phi) is 3.44. The highest BCUT2D eigenvalue weighted by Crippen LogP contribution is 2.35. The van der Waals surface area contributed by atoms with E-state index in [1.807, 2.05) is 18.2 Å². The molecule has 0 radical (unpaired) electrons. The van der Waals surface area contributed by atoms with Crippen LogP contribution in [0.15, 0.2) is 40.9 Å². The van der Waals surface area contributed by atoms with E-state index in [1.165, 1.54) is 17.2 Å². The molecule has 0 atom stereocenters. The lowest BCUT2D eigenvalue weighted by Crippen LogP contribution is -1.94. The zero-order chi connectivity index (χ0) is 14.1. The van der Waals surface area contributed by atoms with Crippen LogP contribution in [-0.2, 0) is 12.8 Å². The smallest absolute Gasteiger partial charge is 0.312 e. The Hall–Kier alpha value is -1.88. The van der Waals surface area contributed by atoms with Crippen molar-refractivity contribution in [2.24, 2.45) is 0 Å². The Bertz CT molecular complexity index is 685. The van der Waals surface area contributed by atoms with Crippen LogP contribution in [0.3, 0.4) is 0 Å². The van der Waals surface area contributed by atoms with Gasteiger partial charge >= 0.3 is 5.69 Å². The maximum absolute atomic E-state index is 11.1. The van der Waals surface area contributed by atoms with Crippen LogP contribution < -0.4 is 4.74 Å². The quantitative estimate of drug-likeness (QED) is 0.607. The topological polar surface area (TPSA) is 52.4 Å². The molecule has 0 saturated carbocycles. The third-order valence-electron chi connectivity index (χ3n) is 3.42. The number of nitrogens with zero attached hydrogens (tertiary/aromatic N) is 1. The lowest BCUT2D eigenvalue weighted by molar-refractivity contribution is -0.385. The molecule has 3 rings (SSSR count). The second-order valence-electron chi connectivity index (χ2n) is 4.76. The van der Waals surface area contributed by atoms with E-state index in [0.717, 1.165) is 19.3 Å². The van der Waals surface area contributed by atoms with E-state index in [0.29, 0.717) is 10.2 Å². The average molecular weight is 334 g/mol. The average Bonchev–Trinajstić information content (AvgIpc) is 2.88. The first kappa shape index (κ1) is 13.1. The number of aryl methyl sites for hydroxylation is 2. The molecule has 0 spiro atoms. The van der Waals surface area contributed by atoms with Gasteiger partial charge < -0.3 is 4.74 Å². The third kappa shape index (κ3) is 2.54. The van der Waals surface area contributed by atoms with Crippen LogP contribution in [0.1, 0.15) is 17.5 Å². The van der Waals surface area contributed by atoms with Crippen LogP contribution in [0.5, 0.6) is 11.5 Å². The van der Waals surface area contributed by atoms with Crippen LogP contribution in [0, 0.1) is 10.1 Å². The van der Waals surface area contributed by atoms with Crippen molar-refractivity contribution in [3.63, 3.8) is 0 Å². The zero-order valence-corrected chi connectivity index (χ0v) is 12.2. The van der Waals surface area contributed by atoms with E-state index in [1.54, 1.807) is 12.1 Å². The predicted molar refractivity (Wildman–Crippen MR) is 79.3 cm³/mol. The highest BCUT2D eigenvalue weighted by Gasteiger charge is 2.17. The van der Waals surface area contributed by atoms with Crippen molar-refractivity contribution in [3.8, 4) is 11.5 Å². The number of rotatable bonds is 3. The number of ether oxygens (including phenoxy) is 1. The fourth-order valence-corrected chi connectivity index (χ4v) is 2.81. The van der Waals surface area contributed by atoms with Gasteiger partial charge in [0, 0.05) is 10.5 Å². The lowest BCUT2D eigenvalue weighted by Gasteiger charge is -2.08. The van der Waals surface area contributed by atoms with Crippen molar-refractivity contribution < 1.29 is 9.66 Å². The minimum atomic E-state index is -0.437. The molecular weight excluding hydrogens is 322 g/mol. The Morgan fingerprint density at radius 1 is 1.10 bits per heavy atom. The SMILES string of the molecule is O=[N+]([O-])c1cc(Br)ccc1Oc1ccc2c(c1)CCC2. The van der Waals surface area contributed by atoms with Gasteiger partial charge in [-0.15, -0.1) is 0 Å². The largest absolute Gasteiger partial charge is 0.450 e. The van der Waals surface area contributed by atoms with Crippen molar-refractivity contribution in [1.29, 1.82) is 0 Å². The van der Waals surface area contributed by atoms with Gasteiger partial charge in [0.1, 0.15) is 5.75 Å². The maximum Gasteiger partial charge on any atom is 0.312 e. The Morgan fingerprint density at radius 2 is 1.90 bits per heavy atom. The van der Waals surface area contributed by atoms with Gasteiger partial charge in [0.15, 0.2) is 0 Å². The highest BCUT2D eigenvalue weighted by atomic mass is 79.9. The van der Waals surface area contributed by atoms with Crippen molar-refractivity contribution in [2.45, 2.75) is 19.3 Å². The molecule has 1 aliphatic carbocycles. The monoisotopic (exact) mass is 333 g/mol. The van der Waals surface area contributed by atoms with E-state index in [9.17, 15) is 10.1 Å². The van der Waals surface area contributed by atoms with Gasteiger partial charge in [-0.25, -0.2) is 0 Å². The first-order chi connectivity index (χ1) is 9.63. The first-order valence-electron chi connectivity index (χ1n) is 6.37. The zero-order valence-electron chi connectivity index (χ0n) is 10.6. The summed E-state index contributed by atoms with van der Waals surface area (Å²) in [6.45, 7) is 0. The summed E-state index contributed by atoms with van der Waals surface area (Å²) in [6, 6.07) is 10.7. The van der Waals surface area contributed by atoms with E-state index in [-0.39, 0.29) is 11.4 Å². The van der Waals surface area contributed by atoms with E-state index < -0.39 is 4.92 Å². The number of halogens is 1. The second kappa shape index (κ2) is 5.25. The molecule has 0 aliphatic heterocycles. The van der Waals surface area contributed by atoms with Crippen LogP contribution in [0.2, 0.25) is 0 Å². The van der Waals surface area contributed by atoms with Crippen LogP contribution >= 0.6 is 15.9 Å². The van der Waals surface area contributed by atoms with Gasteiger partial charge in [-0.1, -0.05) is 22.0 Å². The third-order valence-corrected chi connectivity index (χ3v) is 3.91. The summed E-state index contributed by atoms with van der Waals surface area (Å²) in [7, 11) is 0. The number of nitro groups is 1. The van der Waals surface area contributed by atoms with Gasteiger partial charge in [0.05, 0.1) is 4.92 Å². The normalized spacial score (nSPS) is 13.1. The molecule has 0 amide bonds. The van der Waals surface area contributed by atoms with Gasteiger partial charge in [-0.3, -0.25) is 10.1 Å². The van der Waals surface area contributed by atoms with Crippen LogP contribution in [0.4, 0.5) is 5.69 Å². The summed E-state index contributed by atoms with van der Waals surface area (Å²) >= 11 is 3.23. The Morgan fingerprint density at radius 3 is 2.70 bits per heavy atom. The molecule has 4 nitrogen and oxygen atoms in total. The fraction of sp³-hybridized carbons (Fsp3) is 0.200. The second-order valence-corrected chi connectivity index (χ2v) is 5.67. The molecule has 102 valence electrons. The van der Waals surface area contributed by atoms with E-state index >= 15 is 0 Å². The van der Waals surface area contributed by atoms with Gasteiger partial charge in [0.25, 0.3) is 0 Å². The molecule has 1 aliphatic rings. The lowest BCUT2D eigenvalue weighted by atomic mass is 10.1. The van der Waals surface area contributed by atoms with Gasteiger partial charge in [-0.2, -0.15) is 0 Å². The summed E-state index contributed by atoms with van der Waals surface area (Å²) in [5.74, 6) is 0.909. The van der Waals surface area contributed by atoms with Crippen molar-refractivity contribution >= 4 is 21.6 Å². The molecule has 0 saturated heterocycles. The number of hydrogen-bond donors (Lipinski definition) is 0. The summed E-state index contributed by atoms with van der Waals surface area (Å²) in [4.78, 5) is 10.6. The summed E-state index contributed by atoms with van der Waals surface area (Å²) in [6.07, 6.45) is 3.32. The molecule has 5 heteroatoms. The van der Waals surface area contributed by atoms with Crippen LogP contribution in [0.25, 0.3) is 0 Å². The highest BCUT2D eigenvalue weighted by molar-refractivity contribution is 9.10. The van der Waals surface area contributed by atoms with Crippen LogP contribution in [-0.4, -0.2) is 4.92 Å². The Labute approximate surface area is 124 Å². The predicted octanol–water partition coefficient (Wildman–Crippen LogP) is 4.64. The number of hydrogen-bond acceptors (Lipinski definition) is 3. The molecule has 0 unspecified atom stereocenters. The summed E-state index contributed by atoms with van der Waals surface area (Å²) in [5, 5.41) is 11.1. The number of benzene rings is 2. The molecule has 0 aromatic heterocycles. The molecule has 2 aromatic rings. The molecule has 0 heterocycles. The standard InChI is InChI=1S/C15H12BrNO3/c16-12-5-7-15(14(9-12)17(18)19)20-13-6-4-10-2-1-3-11(10)8-13/h4-9H,1-3H2. The van der Waals surface area contributed by atoms with Gasteiger partial charge in [0.2, 0.25) is 5.75 Å². The summed E-state index contributed by atoms with van der Waals surface area (Å²) < 4.78 is 6.35. The number of nitro benzene ring substituents is 1. The minimum Gasteiger partial charge on any atom is -0.450 e. The molecule has 0 bridgehead atoms. The molecule has 20 heavy (non-hydrogen) atoms.